The van der Waals surface area contributed by atoms with Gasteiger partial charge in [-0.1, -0.05) is 18.2 Å². The molecule has 1 atom stereocenters. The number of ether oxygens (including phenoxy) is 1. The van der Waals surface area contributed by atoms with Crippen LogP contribution in [0.3, 0.4) is 0 Å². The maximum absolute atomic E-state index is 14.0. The zero-order valence-electron chi connectivity index (χ0n) is 19.5. The van der Waals surface area contributed by atoms with Crippen LogP contribution in [-0.2, 0) is 26.5 Å². The molecule has 0 radical (unpaired) electrons. The van der Waals surface area contributed by atoms with E-state index in [9.17, 15) is 4.39 Å². The predicted molar refractivity (Wildman–Crippen MR) is 102 cm³/mol. The monoisotopic (exact) mass is 404 g/mol. The third kappa shape index (κ3) is 5.16. The number of carbonyl (C=O) groups is 2. The Balaban J connectivity index is 0.000000569. The van der Waals surface area contributed by atoms with Crippen LogP contribution in [0.2, 0.25) is 0 Å². The summed E-state index contributed by atoms with van der Waals surface area (Å²) >= 11 is 0. The molecule has 1 aliphatic heterocycles. The van der Waals surface area contributed by atoms with Crippen molar-refractivity contribution in [2.24, 2.45) is 0 Å². The van der Waals surface area contributed by atoms with E-state index in [2.05, 4.69) is 11.4 Å². The lowest BCUT2D eigenvalue weighted by molar-refractivity contribution is -0.159. The highest BCUT2D eigenvalue weighted by Gasteiger charge is 2.41. The summed E-state index contributed by atoms with van der Waals surface area (Å²) in [6, 6.07) is 4.87. The number of carboxylic acids is 2. The van der Waals surface area contributed by atoms with Gasteiger partial charge in [-0.2, -0.15) is 5.26 Å². The molecule has 0 amide bonds. The largest absolute Gasteiger partial charge is 0.473 e. The predicted octanol–water partition coefficient (Wildman–Crippen LogP) is 2.63. The normalized spacial score (nSPS) is 18.8. The van der Waals surface area contributed by atoms with Gasteiger partial charge in [-0.05, 0) is 67.3 Å². The van der Waals surface area contributed by atoms with Crippen LogP contribution >= 0.6 is 0 Å². The molecule has 0 aliphatic carbocycles. The highest BCUT2D eigenvalue weighted by atomic mass is 19.1. The summed E-state index contributed by atoms with van der Waals surface area (Å²) in [7, 11) is 1.81. The lowest BCUT2D eigenvalue weighted by Gasteiger charge is -2.30. The summed E-state index contributed by atoms with van der Waals surface area (Å²) in [6.07, 6.45) is 1.04. The molecule has 1 heterocycles. The van der Waals surface area contributed by atoms with E-state index in [4.69, 9.17) is 35.3 Å². The number of halogens is 1. The Hall–Kier alpha value is -3.28. The van der Waals surface area contributed by atoms with Gasteiger partial charge < -0.3 is 20.3 Å². The number of benzene rings is 2. The number of fused-ring (bicyclic) bond motifs is 1. The third-order valence-corrected chi connectivity index (χ3v) is 4.28. The van der Waals surface area contributed by atoms with Crippen LogP contribution in [0.1, 0.15) is 40.6 Å². The Labute approximate surface area is 173 Å². The Morgan fingerprint density at radius 3 is 2.52 bits per heavy atom. The maximum atomic E-state index is 14.0. The molecule has 0 bridgehead atoms. The molecule has 0 aromatic heterocycles. The number of nitrogens with one attached hydrogen (secondary N) is 1. The number of hydrogen-bond acceptors (Lipinski definition) is 5. The Morgan fingerprint density at radius 1 is 1.31 bits per heavy atom. The molecule has 8 heteroatoms. The van der Waals surface area contributed by atoms with E-state index in [0.717, 1.165) is 5.56 Å². The standard InChI is InChI=1S/C19H19FN2O.C2H2O4/c1-22-10-2-9-19(16-4-6-17(20)7-5-16)18-8-3-14(12-21)11-15(18)13-23-19;3-1(4)2(5)6/h3-8,11,22H,2,9-10,13H2,1H3;(H,3,4)(H,5,6)/t19-;/m0./s1/i4D,5D,6D,7D;. The molecule has 152 valence electrons. The van der Waals surface area contributed by atoms with Crippen LogP contribution < -0.4 is 5.32 Å². The molecule has 0 unspecified atom stereocenters. The number of nitrogens with zero attached hydrogens (tertiary/aromatic N) is 1. The number of aliphatic carboxylic acids is 2. The van der Waals surface area contributed by atoms with Crippen LogP contribution in [0.15, 0.2) is 42.4 Å². The van der Waals surface area contributed by atoms with Crippen molar-refractivity contribution in [1.29, 1.82) is 5.26 Å². The van der Waals surface area contributed by atoms with Gasteiger partial charge in [0.1, 0.15) is 11.4 Å². The maximum Gasteiger partial charge on any atom is 0.414 e. The fraction of sp³-hybridized carbons (Fsp3) is 0.286. The van der Waals surface area contributed by atoms with E-state index in [1.807, 2.05) is 7.05 Å². The van der Waals surface area contributed by atoms with Crippen LogP contribution in [0.25, 0.3) is 0 Å². The molecule has 7 nitrogen and oxygen atoms in total. The summed E-state index contributed by atoms with van der Waals surface area (Å²) in [6.45, 7) is 0.849. The summed E-state index contributed by atoms with van der Waals surface area (Å²) in [4.78, 5) is 18.2. The summed E-state index contributed by atoms with van der Waals surface area (Å²) in [5, 5.41) is 27.0. The first-order valence-corrected chi connectivity index (χ1v) is 8.56. The van der Waals surface area contributed by atoms with Crippen molar-refractivity contribution in [1.82, 2.24) is 5.32 Å². The second kappa shape index (κ2) is 9.78. The highest BCUT2D eigenvalue weighted by molar-refractivity contribution is 6.27. The van der Waals surface area contributed by atoms with Crippen molar-refractivity contribution >= 4 is 11.9 Å². The molecular weight excluding hydrogens is 379 g/mol. The van der Waals surface area contributed by atoms with Gasteiger partial charge in [-0.3, -0.25) is 0 Å². The number of rotatable bonds is 5. The smallest absolute Gasteiger partial charge is 0.414 e. The minimum absolute atomic E-state index is 0.0402. The second-order valence-electron chi connectivity index (χ2n) is 6.11. The lowest BCUT2D eigenvalue weighted by atomic mass is 9.81. The van der Waals surface area contributed by atoms with Gasteiger partial charge >= 0.3 is 11.9 Å². The van der Waals surface area contributed by atoms with Gasteiger partial charge in [0.2, 0.25) is 0 Å². The minimum atomic E-state index is -1.82. The van der Waals surface area contributed by atoms with Gasteiger partial charge in [0.15, 0.2) is 0 Å². The molecule has 2 aromatic rings. The third-order valence-electron chi connectivity index (χ3n) is 4.28. The van der Waals surface area contributed by atoms with E-state index in [1.54, 1.807) is 18.2 Å². The molecular formula is C21H21FN2O5. The fourth-order valence-corrected chi connectivity index (χ4v) is 3.01. The summed E-state index contributed by atoms with van der Waals surface area (Å²) in [5.41, 5.74) is 0.762. The average molecular weight is 404 g/mol. The highest BCUT2D eigenvalue weighted by Crippen LogP contribution is 2.45. The van der Waals surface area contributed by atoms with Gasteiger partial charge in [0, 0.05) is 0 Å². The first-order valence-electron chi connectivity index (χ1n) is 10.6. The molecule has 0 saturated carbocycles. The van der Waals surface area contributed by atoms with Crippen molar-refractivity contribution in [2.45, 2.75) is 25.0 Å². The quantitative estimate of drug-likeness (QED) is 0.518. The summed E-state index contributed by atoms with van der Waals surface area (Å²) in [5.74, 6) is -4.82. The van der Waals surface area contributed by atoms with Gasteiger partial charge in [-0.15, -0.1) is 0 Å². The molecule has 2 aromatic carbocycles. The zero-order valence-corrected chi connectivity index (χ0v) is 15.5. The fourth-order valence-electron chi connectivity index (χ4n) is 3.01. The Bertz CT molecular complexity index is 1100. The number of carboxylic acid groups (broad SMARTS) is 2. The molecule has 0 saturated heterocycles. The van der Waals surface area contributed by atoms with Gasteiger partial charge in [0.25, 0.3) is 0 Å². The number of nitriles is 1. The van der Waals surface area contributed by atoms with Crippen LogP contribution in [-0.4, -0.2) is 35.7 Å². The van der Waals surface area contributed by atoms with Gasteiger partial charge in [0.05, 0.1) is 23.7 Å². The van der Waals surface area contributed by atoms with Crippen molar-refractivity contribution in [3.8, 4) is 6.07 Å². The van der Waals surface area contributed by atoms with Crippen molar-refractivity contribution in [3.63, 3.8) is 0 Å². The first kappa shape index (κ1) is 16.7. The SMILES string of the molecule is O=C(O)C(=O)O.[2H]c1c([2H])c([C@]2(CCCNC)OCc3cc(C#N)ccc32)c([2H])c([2H])c1F. The Morgan fingerprint density at radius 2 is 1.97 bits per heavy atom. The van der Waals surface area contributed by atoms with E-state index in [-0.39, 0.29) is 12.2 Å². The van der Waals surface area contributed by atoms with E-state index >= 15 is 0 Å². The lowest BCUT2D eigenvalue weighted by Crippen LogP contribution is -2.28. The molecule has 29 heavy (non-hydrogen) atoms. The van der Waals surface area contributed by atoms with Crippen LogP contribution in [0.5, 0.6) is 0 Å². The zero-order chi connectivity index (χ0) is 24.9. The second-order valence-corrected chi connectivity index (χ2v) is 6.11. The molecule has 0 spiro atoms. The summed E-state index contributed by atoms with van der Waals surface area (Å²) < 4.78 is 52.4. The molecule has 3 N–H and O–H groups in total. The van der Waals surface area contributed by atoms with Crippen LogP contribution in [0.4, 0.5) is 4.39 Å². The molecule has 0 fully saturated rings. The minimum Gasteiger partial charge on any atom is -0.473 e. The Kier molecular flexibility index (Phi) is 5.61. The molecule has 3 rings (SSSR count). The van der Waals surface area contributed by atoms with E-state index < -0.39 is 47.5 Å². The first-order chi connectivity index (χ1) is 15.5. The van der Waals surface area contributed by atoms with Gasteiger partial charge in [-0.25, -0.2) is 14.0 Å². The molecule has 1 aliphatic rings. The topological polar surface area (TPSA) is 120 Å². The van der Waals surface area contributed by atoms with Crippen molar-refractivity contribution < 1.29 is 34.4 Å². The number of hydrogen-bond donors (Lipinski definition) is 3. The average Bonchev–Trinajstić information content (AvgIpc) is 3.15. The van der Waals surface area contributed by atoms with E-state index in [1.165, 1.54) is 0 Å². The van der Waals surface area contributed by atoms with Crippen molar-refractivity contribution in [3.05, 3.63) is 70.4 Å². The van der Waals surface area contributed by atoms with Crippen molar-refractivity contribution in [2.75, 3.05) is 13.6 Å². The van der Waals surface area contributed by atoms with Crippen LogP contribution in [0, 0.1) is 17.1 Å². The van der Waals surface area contributed by atoms with E-state index in [0.29, 0.717) is 30.5 Å².